The van der Waals surface area contributed by atoms with Gasteiger partial charge in [0.2, 0.25) is 5.91 Å². The van der Waals surface area contributed by atoms with Crippen molar-refractivity contribution in [3.63, 3.8) is 0 Å². The maximum Gasteiger partial charge on any atom is 0.251 e. The van der Waals surface area contributed by atoms with Crippen molar-refractivity contribution in [2.75, 3.05) is 18.0 Å². The lowest BCUT2D eigenvalue weighted by Gasteiger charge is -2.31. The second-order valence-electron chi connectivity index (χ2n) is 5.91. The molecule has 1 aromatic carbocycles. The van der Waals surface area contributed by atoms with Crippen LogP contribution in [0, 0.1) is 0 Å². The molecule has 5 heteroatoms. The van der Waals surface area contributed by atoms with Gasteiger partial charge in [0, 0.05) is 31.3 Å². The molecule has 1 aromatic rings. The Hall–Kier alpha value is -1.88. The molecule has 0 aliphatic carbocycles. The van der Waals surface area contributed by atoms with E-state index < -0.39 is 0 Å². The highest BCUT2D eigenvalue weighted by Crippen LogP contribution is 2.29. The molecule has 0 saturated carbocycles. The molecule has 0 unspecified atom stereocenters. The van der Waals surface area contributed by atoms with Gasteiger partial charge >= 0.3 is 0 Å². The number of rotatable bonds is 5. The summed E-state index contributed by atoms with van der Waals surface area (Å²) in [4.78, 5) is 25.8. The zero-order valence-corrected chi connectivity index (χ0v) is 13.6. The van der Waals surface area contributed by atoms with Gasteiger partial charge in [0.15, 0.2) is 0 Å². The predicted molar refractivity (Wildman–Crippen MR) is 88.0 cm³/mol. The molecule has 3 N–H and O–H groups in total. The number of anilines is 1. The van der Waals surface area contributed by atoms with Crippen molar-refractivity contribution >= 4 is 17.5 Å². The molecule has 1 aliphatic heterocycles. The zero-order chi connectivity index (χ0) is 16.3. The van der Waals surface area contributed by atoms with E-state index in [-0.39, 0.29) is 17.4 Å². The summed E-state index contributed by atoms with van der Waals surface area (Å²) in [6.45, 7) is 6.74. The lowest BCUT2D eigenvalue weighted by atomic mass is 9.92. The van der Waals surface area contributed by atoms with Crippen LogP contribution in [0.3, 0.4) is 0 Å². The SMILES string of the molecule is CCC(CC)(CN)NC(=O)c1ccc2c(c1)CCN2C(C)=O. The molecule has 0 spiro atoms. The minimum atomic E-state index is -0.346. The van der Waals surface area contributed by atoms with E-state index in [2.05, 4.69) is 5.32 Å². The van der Waals surface area contributed by atoms with Crippen LogP contribution in [0.5, 0.6) is 0 Å². The molecule has 0 atom stereocenters. The van der Waals surface area contributed by atoms with Crippen molar-refractivity contribution in [2.45, 2.75) is 45.6 Å². The van der Waals surface area contributed by atoms with Crippen molar-refractivity contribution < 1.29 is 9.59 Å². The standard InChI is InChI=1S/C17H25N3O2/c1-4-17(5-2,11-18)19-16(22)14-6-7-15-13(10-14)8-9-20(15)12(3)21/h6-7,10H,4-5,8-9,11,18H2,1-3H3,(H,19,22). The topological polar surface area (TPSA) is 75.4 Å². The number of amides is 2. The van der Waals surface area contributed by atoms with Crippen molar-refractivity contribution in [3.8, 4) is 0 Å². The van der Waals surface area contributed by atoms with E-state index in [0.717, 1.165) is 30.5 Å². The highest BCUT2D eigenvalue weighted by Gasteiger charge is 2.28. The summed E-state index contributed by atoms with van der Waals surface area (Å²) in [7, 11) is 0. The molecule has 0 fully saturated rings. The fraction of sp³-hybridized carbons (Fsp3) is 0.529. The van der Waals surface area contributed by atoms with Crippen LogP contribution in [-0.4, -0.2) is 30.4 Å². The van der Waals surface area contributed by atoms with Crippen molar-refractivity contribution in [3.05, 3.63) is 29.3 Å². The summed E-state index contributed by atoms with van der Waals surface area (Å²) < 4.78 is 0. The normalized spacial score (nSPS) is 13.9. The summed E-state index contributed by atoms with van der Waals surface area (Å²) in [5, 5.41) is 3.08. The van der Waals surface area contributed by atoms with Crippen LogP contribution in [0.1, 0.15) is 49.5 Å². The molecule has 0 bridgehead atoms. The minimum absolute atomic E-state index is 0.0371. The van der Waals surface area contributed by atoms with Crippen LogP contribution in [0.2, 0.25) is 0 Å². The maximum absolute atomic E-state index is 12.5. The Bertz CT molecular complexity index is 571. The molecular weight excluding hydrogens is 278 g/mol. The van der Waals surface area contributed by atoms with Crippen LogP contribution in [0.15, 0.2) is 18.2 Å². The molecule has 1 heterocycles. The summed E-state index contributed by atoms with van der Waals surface area (Å²) in [6.07, 6.45) is 2.39. The van der Waals surface area contributed by atoms with E-state index in [9.17, 15) is 9.59 Å². The number of hydrogen-bond acceptors (Lipinski definition) is 3. The molecule has 1 aliphatic rings. The average Bonchev–Trinajstić information content (AvgIpc) is 2.95. The Morgan fingerprint density at radius 1 is 1.32 bits per heavy atom. The molecule has 0 radical (unpaired) electrons. The number of fused-ring (bicyclic) bond motifs is 1. The molecular formula is C17H25N3O2. The number of nitrogens with two attached hydrogens (primary N) is 1. The predicted octanol–water partition coefficient (Wildman–Crippen LogP) is 1.84. The zero-order valence-electron chi connectivity index (χ0n) is 13.6. The molecule has 22 heavy (non-hydrogen) atoms. The van der Waals surface area contributed by atoms with Crippen molar-refractivity contribution in [1.29, 1.82) is 0 Å². The quantitative estimate of drug-likeness (QED) is 0.871. The van der Waals surface area contributed by atoms with Gasteiger partial charge in [0.25, 0.3) is 5.91 Å². The van der Waals surface area contributed by atoms with Gasteiger partial charge in [0.1, 0.15) is 0 Å². The van der Waals surface area contributed by atoms with Crippen LogP contribution in [0.25, 0.3) is 0 Å². The van der Waals surface area contributed by atoms with Gasteiger partial charge in [-0.1, -0.05) is 13.8 Å². The smallest absolute Gasteiger partial charge is 0.251 e. The highest BCUT2D eigenvalue weighted by molar-refractivity contribution is 5.98. The summed E-state index contributed by atoms with van der Waals surface area (Å²) in [5.74, 6) is -0.0618. The fourth-order valence-electron chi connectivity index (χ4n) is 2.95. The van der Waals surface area contributed by atoms with E-state index in [1.807, 2.05) is 26.0 Å². The second kappa shape index (κ2) is 6.48. The van der Waals surface area contributed by atoms with E-state index in [1.54, 1.807) is 17.9 Å². The maximum atomic E-state index is 12.5. The van der Waals surface area contributed by atoms with Crippen LogP contribution in [0.4, 0.5) is 5.69 Å². The fourth-order valence-corrected chi connectivity index (χ4v) is 2.95. The van der Waals surface area contributed by atoms with Crippen molar-refractivity contribution in [1.82, 2.24) is 5.32 Å². The van der Waals surface area contributed by atoms with Crippen LogP contribution < -0.4 is 16.0 Å². The van der Waals surface area contributed by atoms with E-state index in [4.69, 9.17) is 5.73 Å². The van der Waals surface area contributed by atoms with Gasteiger partial charge in [-0.2, -0.15) is 0 Å². The van der Waals surface area contributed by atoms with E-state index in [1.165, 1.54) is 0 Å². The van der Waals surface area contributed by atoms with Gasteiger partial charge in [-0.15, -0.1) is 0 Å². The van der Waals surface area contributed by atoms with Crippen LogP contribution >= 0.6 is 0 Å². The van der Waals surface area contributed by atoms with Crippen LogP contribution in [-0.2, 0) is 11.2 Å². The molecule has 120 valence electrons. The second-order valence-corrected chi connectivity index (χ2v) is 5.91. The lowest BCUT2D eigenvalue weighted by molar-refractivity contribution is -0.116. The van der Waals surface area contributed by atoms with Crippen molar-refractivity contribution in [2.24, 2.45) is 5.73 Å². The lowest BCUT2D eigenvalue weighted by Crippen LogP contribution is -2.52. The third-order valence-corrected chi connectivity index (χ3v) is 4.74. The first-order chi connectivity index (χ1) is 10.5. The van der Waals surface area contributed by atoms with Gasteiger partial charge < -0.3 is 16.0 Å². The largest absolute Gasteiger partial charge is 0.345 e. The monoisotopic (exact) mass is 303 g/mol. The number of benzene rings is 1. The minimum Gasteiger partial charge on any atom is -0.345 e. The van der Waals surface area contributed by atoms with E-state index >= 15 is 0 Å². The molecule has 2 amide bonds. The number of nitrogens with zero attached hydrogens (tertiary/aromatic N) is 1. The Labute approximate surface area is 131 Å². The number of hydrogen-bond donors (Lipinski definition) is 2. The van der Waals surface area contributed by atoms with E-state index in [0.29, 0.717) is 18.7 Å². The first kappa shape index (κ1) is 16.5. The Morgan fingerprint density at radius 3 is 2.55 bits per heavy atom. The Balaban J connectivity index is 2.21. The number of carbonyl (C=O) groups excluding carboxylic acids is 2. The molecule has 0 aromatic heterocycles. The average molecular weight is 303 g/mol. The van der Waals surface area contributed by atoms with Gasteiger partial charge in [-0.25, -0.2) is 0 Å². The third-order valence-electron chi connectivity index (χ3n) is 4.74. The first-order valence-corrected chi connectivity index (χ1v) is 7.90. The highest BCUT2D eigenvalue weighted by atomic mass is 16.2. The third kappa shape index (κ3) is 2.99. The summed E-state index contributed by atoms with van der Waals surface area (Å²) >= 11 is 0. The number of carbonyl (C=O) groups is 2. The van der Waals surface area contributed by atoms with Gasteiger partial charge in [-0.3, -0.25) is 9.59 Å². The molecule has 2 rings (SSSR count). The number of nitrogens with one attached hydrogen (secondary N) is 1. The summed E-state index contributed by atoms with van der Waals surface area (Å²) in [5.41, 5.74) is 8.09. The molecule has 0 saturated heterocycles. The summed E-state index contributed by atoms with van der Waals surface area (Å²) in [6, 6.07) is 5.53. The van der Waals surface area contributed by atoms with Gasteiger partial charge in [0.05, 0.1) is 5.54 Å². The Kier molecular flexibility index (Phi) is 4.86. The van der Waals surface area contributed by atoms with Gasteiger partial charge in [-0.05, 0) is 43.0 Å². The molecule has 5 nitrogen and oxygen atoms in total. The Morgan fingerprint density at radius 2 is 2.00 bits per heavy atom. The first-order valence-electron chi connectivity index (χ1n) is 7.90.